The summed E-state index contributed by atoms with van der Waals surface area (Å²) in [6, 6.07) is 0. The first-order valence-corrected chi connectivity index (χ1v) is 7.57. The highest BCUT2D eigenvalue weighted by Crippen LogP contribution is 2.15. The first-order valence-electron chi connectivity index (χ1n) is 5.68. The molecule has 0 radical (unpaired) electrons. The lowest BCUT2D eigenvalue weighted by atomic mass is 10.1. The lowest BCUT2D eigenvalue weighted by Crippen LogP contribution is -2.48. The summed E-state index contributed by atoms with van der Waals surface area (Å²) in [6.45, 7) is 4.76. The van der Waals surface area contributed by atoms with Crippen LogP contribution >= 0.6 is 0 Å². The van der Waals surface area contributed by atoms with E-state index in [1.54, 1.807) is 6.92 Å². The quantitative estimate of drug-likeness (QED) is 0.703. The predicted molar refractivity (Wildman–Crippen MR) is 68.0 cm³/mol. The van der Waals surface area contributed by atoms with Crippen LogP contribution in [0.1, 0.15) is 33.6 Å². The second-order valence-electron chi connectivity index (χ2n) is 5.03. The molecule has 1 amide bonds. The largest absolute Gasteiger partial charge is 0.481 e. The van der Waals surface area contributed by atoms with Crippen LogP contribution in [-0.4, -0.2) is 42.9 Å². The SMILES string of the molecule is CC(CCC(=O)O)CNC(=O)C(C)(C)S(C)(=O)=O. The Morgan fingerprint density at radius 1 is 1.33 bits per heavy atom. The summed E-state index contributed by atoms with van der Waals surface area (Å²) < 4.78 is 21.4. The number of aliphatic carboxylic acids is 1. The van der Waals surface area contributed by atoms with Crippen LogP contribution in [0.4, 0.5) is 0 Å². The van der Waals surface area contributed by atoms with Gasteiger partial charge in [-0.25, -0.2) is 8.42 Å². The van der Waals surface area contributed by atoms with Gasteiger partial charge in [-0.05, 0) is 26.2 Å². The smallest absolute Gasteiger partial charge is 0.303 e. The van der Waals surface area contributed by atoms with Gasteiger partial charge in [-0.15, -0.1) is 0 Å². The van der Waals surface area contributed by atoms with Crippen molar-refractivity contribution >= 4 is 21.7 Å². The third-order valence-corrected chi connectivity index (χ3v) is 4.98. The van der Waals surface area contributed by atoms with Gasteiger partial charge in [0.25, 0.3) is 0 Å². The van der Waals surface area contributed by atoms with E-state index in [1.165, 1.54) is 13.8 Å². The minimum absolute atomic E-state index is 0.0135. The van der Waals surface area contributed by atoms with Crippen molar-refractivity contribution in [3.63, 3.8) is 0 Å². The Kier molecular flexibility index (Phi) is 5.79. The van der Waals surface area contributed by atoms with Gasteiger partial charge in [0.15, 0.2) is 9.84 Å². The summed E-state index contributed by atoms with van der Waals surface area (Å²) in [5.74, 6) is -1.46. The summed E-state index contributed by atoms with van der Waals surface area (Å²) in [7, 11) is -3.48. The monoisotopic (exact) mass is 279 g/mol. The van der Waals surface area contributed by atoms with Crippen molar-refractivity contribution in [3.8, 4) is 0 Å². The zero-order valence-electron chi connectivity index (χ0n) is 11.2. The third-order valence-electron chi connectivity index (χ3n) is 2.94. The van der Waals surface area contributed by atoms with E-state index in [0.29, 0.717) is 6.42 Å². The van der Waals surface area contributed by atoms with Crippen molar-refractivity contribution < 1.29 is 23.1 Å². The number of rotatable bonds is 7. The van der Waals surface area contributed by atoms with E-state index in [9.17, 15) is 18.0 Å². The molecule has 18 heavy (non-hydrogen) atoms. The highest BCUT2D eigenvalue weighted by atomic mass is 32.2. The van der Waals surface area contributed by atoms with Crippen molar-refractivity contribution in [2.75, 3.05) is 12.8 Å². The molecule has 0 saturated heterocycles. The third kappa shape index (κ3) is 5.03. The van der Waals surface area contributed by atoms with E-state index in [4.69, 9.17) is 5.11 Å². The molecule has 106 valence electrons. The Balaban J connectivity index is 4.31. The molecule has 7 heteroatoms. The lowest BCUT2D eigenvalue weighted by molar-refractivity contribution is -0.137. The van der Waals surface area contributed by atoms with Gasteiger partial charge < -0.3 is 10.4 Å². The molecule has 0 rings (SSSR count). The molecule has 0 aliphatic rings. The van der Waals surface area contributed by atoms with Crippen LogP contribution < -0.4 is 5.32 Å². The van der Waals surface area contributed by atoms with E-state index >= 15 is 0 Å². The average molecular weight is 279 g/mol. The normalized spacial score (nSPS) is 14.0. The topological polar surface area (TPSA) is 101 Å². The molecule has 0 aliphatic heterocycles. The molecule has 0 aromatic carbocycles. The fourth-order valence-corrected chi connectivity index (χ4v) is 1.53. The molecule has 0 aliphatic carbocycles. The average Bonchev–Trinajstić information content (AvgIpc) is 2.21. The van der Waals surface area contributed by atoms with Crippen LogP contribution in [0.25, 0.3) is 0 Å². The van der Waals surface area contributed by atoms with Crippen LogP contribution in [0.15, 0.2) is 0 Å². The zero-order valence-corrected chi connectivity index (χ0v) is 12.0. The van der Waals surface area contributed by atoms with E-state index in [-0.39, 0.29) is 18.9 Å². The maximum absolute atomic E-state index is 11.7. The Hall–Kier alpha value is -1.11. The van der Waals surface area contributed by atoms with Gasteiger partial charge in [-0.2, -0.15) is 0 Å². The lowest BCUT2D eigenvalue weighted by Gasteiger charge is -2.22. The molecule has 0 heterocycles. The van der Waals surface area contributed by atoms with Gasteiger partial charge in [-0.1, -0.05) is 6.92 Å². The minimum Gasteiger partial charge on any atom is -0.481 e. The summed E-state index contributed by atoms with van der Waals surface area (Å²) in [4.78, 5) is 22.1. The molecule has 0 spiro atoms. The van der Waals surface area contributed by atoms with Gasteiger partial charge in [0, 0.05) is 19.2 Å². The number of sulfone groups is 1. The van der Waals surface area contributed by atoms with E-state index < -0.39 is 26.5 Å². The Morgan fingerprint density at radius 3 is 2.22 bits per heavy atom. The molecule has 6 nitrogen and oxygen atoms in total. The molecule has 1 atom stereocenters. The molecule has 0 fully saturated rings. The van der Waals surface area contributed by atoms with E-state index in [1.807, 2.05) is 0 Å². The second-order valence-corrected chi connectivity index (χ2v) is 7.60. The highest BCUT2D eigenvalue weighted by molar-refractivity contribution is 7.92. The summed E-state index contributed by atoms with van der Waals surface area (Å²) in [5.41, 5.74) is 0. The van der Waals surface area contributed by atoms with Crippen molar-refractivity contribution in [2.24, 2.45) is 5.92 Å². The van der Waals surface area contributed by atoms with Gasteiger partial charge >= 0.3 is 5.97 Å². The Bertz CT molecular complexity index is 413. The predicted octanol–water partition coefficient (Wildman–Crippen LogP) is 0.427. The molecule has 0 saturated carbocycles. The number of carbonyl (C=O) groups excluding carboxylic acids is 1. The highest BCUT2D eigenvalue weighted by Gasteiger charge is 2.38. The van der Waals surface area contributed by atoms with Crippen molar-refractivity contribution in [1.29, 1.82) is 0 Å². The van der Waals surface area contributed by atoms with E-state index in [0.717, 1.165) is 6.26 Å². The van der Waals surface area contributed by atoms with Gasteiger partial charge in [0.05, 0.1) is 0 Å². The van der Waals surface area contributed by atoms with Crippen LogP contribution in [0.5, 0.6) is 0 Å². The first-order chi connectivity index (χ1) is 7.98. The number of hydrogen-bond donors (Lipinski definition) is 2. The number of nitrogens with one attached hydrogen (secondary N) is 1. The maximum atomic E-state index is 11.7. The molecule has 0 bridgehead atoms. The van der Waals surface area contributed by atoms with Crippen molar-refractivity contribution in [2.45, 2.75) is 38.4 Å². The molecular weight excluding hydrogens is 258 g/mol. The van der Waals surface area contributed by atoms with Crippen LogP contribution in [0.3, 0.4) is 0 Å². The molecule has 0 aromatic rings. The molecule has 0 aromatic heterocycles. The van der Waals surface area contributed by atoms with Crippen LogP contribution in [0.2, 0.25) is 0 Å². The number of carboxylic acids is 1. The van der Waals surface area contributed by atoms with Gasteiger partial charge in [0.2, 0.25) is 5.91 Å². The van der Waals surface area contributed by atoms with Crippen LogP contribution in [-0.2, 0) is 19.4 Å². The zero-order chi connectivity index (χ0) is 14.6. The summed E-state index contributed by atoms with van der Waals surface area (Å²) in [5, 5.41) is 11.1. The Labute approximate surface area is 108 Å². The second kappa shape index (κ2) is 6.17. The number of amides is 1. The molecule has 1 unspecified atom stereocenters. The molecule has 2 N–H and O–H groups in total. The number of carbonyl (C=O) groups is 2. The number of hydrogen-bond acceptors (Lipinski definition) is 4. The fourth-order valence-electron chi connectivity index (χ4n) is 1.12. The summed E-state index contributed by atoms with van der Waals surface area (Å²) in [6.07, 6.45) is 1.49. The standard InChI is InChI=1S/C11H21NO5S/c1-8(5-6-9(13)14)7-12-10(15)11(2,3)18(4,16)17/h8H,5-7H2,1-4H3,(H,12,15)(H,13,14). The van der Waals surface area contributed by atoms with E-state index in [2.05, 4.69) is 5.32 Å². The first kappa shape index (κ1) is 16.9. The Morgan fingerprint density at radius 2 is 1.83 bits per heavy atom. The van der Waals surface area contributed by atoms with Crippen molar-refractivity contribution in [3.05, 3.63) is 0 Å². The van der Waals surface area contributed by atoms with Crippen LogP contribution in [0, 0.1) is 5.92 Å². The summed E-state index contributed by atoms with van der Waals surface area (Å²) >= 11 is 0. The maximum Gasteiger partial charge on any atom is 0.303 e. The minimum atomic E-state index is -3.48. The van der Waals surface area contributed by atoms with Gasteiger partial charge in [0.1, 0.15) is 4.75 Å². The molecular formula is C11H21NO5S. The number of carboxylic acid groups (broad SMARTS) is 1. The fraction of sp³-hybridized carbons (Fsp3) is 0.818. The van der Waals surface area contributed by atoms with Gasteiger partial charge in [-0.3, -0.25) is 9.59 Å². The van der Waals surface area contributed by atoms with Crippen molar-refractivity contribution in [1.82, 2.24) is 5.32 Å².